The maximum Gasteiger partial charge on any atom is 0.261 e. The van der Waals surface area contributed by atoms with Crippen LogP contribution >= 0.6 is 23.2 Å². The number of carbonyl (C=O) groups is 1. The second kappa shape index (κ2) is 16.9. The Labute approximate surface area is 299 Å². The van der Waals surface area contributed by atoms with E-state index in [1.54, 1.807) is 13.0 Å². The first-order valence-electron chi connectivity index (χ1n) is 16.0. The Kier molecular flexibility index (Phi) is 13.4. The van der Waals surface area contributed by atoms with Crippen LogP contribution in [0.2, 0.25) is 10.0 Å². The minimum Gasteiger partial charge on any atom is -0.490 e. The number of aliphatic hydroxyl groups is 1. The number of nitrogens with one attached hydrogen (secondary N) is 1. The summed E-state index contributed by atoms with van der Waals surface area (Å²) in [5, 5.41) is 11.0. The van der Waals surface area contributed by atoms with E-state index in [9.17, 15) is 26.7 Å². The number of amides is 1. The van der Waals surface area contributed by atoms with Crippen LogP contribution in [0.5, 0.6) is 5.75 Å². The van der Waals surface area contributed by atoms with E-state index < -0.39 is 44.0 Å². The molecule has 49 heavy (non-hydrogen) atoms. The van der Waals surface area contributed by atoms with E-state index in [4.69, 9.17) is 32.7 Å². The molecular weight excluding hydrogens is 713 g/mol. The molecule has 0 saturated carbocycles. The molecule has 4 rings (SSSR count). The number of sulfonamides is 2. The van der Waals surface area contributed by atoms with E-state index >= 15 is 0 Å². The third-order valence-electron chi connectivity index (χ3n) is 8.39. The Balaban J connectivity index is 1.67. The number of anilines is 1. The van der Waals surface area contributed by atoms with Crippen molar-refractivity contribution in [3.05, 3.63) is 82.3 Å². The molecule has 0 fully saturated rings. The molecule has 1 amide bonds. The number of hydrogen-bond acceptors (Lipinski definition) is 8. The van der Waals surface area contributed by atoms with Gasteiger partial charge in [-0.1, -0.05) is 30.1 Å². The lowest BCUT2D eigenvalue weighted by Gasteiger charge is -2.35. The van der Waals surface area contributed by atoms with Gasteiger partial charge in [-0.25, -0.2) is 16.8 Å². The molecule has 11 nitrogen and oxygen atoms in total. The molecule has 0 radical (unpaired) electrons. The fraction of sp³-hybridized carbons (Fsp3) is 0.441. The van der Waals surface area contributed by atoms with Crippen molar-refractivity contribution in [1.29, 1.82) is 0 Å². The zero-order chi connectivity index (χ0) is 35.9. The number of nitrogens with zero attached hydrogens (tertiary/aromatic N) is 2. The summed E-state index contributed by atoms with van der Waals surface area (Å²) < 4.78 is 69.5. The minimum absolute atomic E-state index is 0.00776. The van der Waals surface area contributed by atoms with Crippen molar-refractivity contribution in [3.63, 3.8) is 0 Å². The first-order chi connectivity index (χ1) is 23.1. The summed E-state index contributed by atoms with van der Waals surface area (Å²) >= 11 is 11.9. The zero-order valence-electron chi connectivity index (χ0n) is 27.9. The molecule has 0 spiro atoms. The lowest BCUT2D eigenvalue weighted by Crippen LogP contribution is -2.48. The monoisotopic (exact) mass is 755 g/mol. The third kappa shape index (κ3) is 10.1. The van der Waals surface area contributed by atoms with Crippen LogP contribution in [0, 0.1) is 5.92 Å². The Morgan fingerprint density at radius 2 is 1.57 bits per heavy atom. The van der Waals surface area contributed by atoms with Gasteiger partial charge in [0.05, 0.1) is 40.2 Å². The molecule has 2 N–H and O–H groups in total. The summed E-state index contributed by atoms with van der Waals surface area (Å²) in [4.78, 5) is 15.9. The van der Waals surface area contributed by atoms with Crippen LogP contribution in [0.3, 0.4) is 0 Å². The highest BCUT2D eigenvalue weighted by Crippen LogP contribution is 2.30. The van der Waals surface area contributed by atoms with Crippen molar-refractivity contribution >= 4 is 54.8 Å². The molecule has 0 aliphatic carbocycles. The van der Waals surface area contributed by atoms with Crippen LogP contribution in [0.15, 0.2) is 76.5 Å². The highest BCUT2D eigenvalue weighted by molar-refractivity contribution is 7.92. The number of ether oxygens (including phenoxy) is 2. The number of fused-ring (bicyclic) bond motifs is 1. The van der Waals surface area contributed by atoms with Gasteiger partial charge < -0.3 is 19.5 Å². The standard InChI is InChI=1S/C34H43Cl2N3O8S2/c1-23-20-39(24(2)22-40)34(41)31-19-28(37-48(42,43)29-13-8-26(35)9-14-29)12-17-32(31)47-25(3)7-5-6-18-46-33(23)21-38(4)49(44,45)30-15-10-27(36)11-16-30/h8-17,19,23-25,33,37,40H,5-7,18,20-22H2,1-4H3/t23-,24+,25-,33-/m0/s1. The Morgan fingerprint density at radius 1 is 0.959 bits per heavy atom. The van der Waals surface area contributed by atoms with Gasteiger partial charge in [0.2, 0.25) is 10.0 Å². The summed E-state index contributed by atoms with van der Waals surface area (Å²) in [5.41, 5.74) is 0.243. The van der Waals surface area contributed by atoms with Crippen LogP contribution in [0.25, 0.3) is 0 Å². The summed E-state index contributed by atoms with van der Waals surface area (Å²) in [6.45, 7) is 5.55. The van der Waals surface area contributed by atoms with Gasteiger partial charge in [-0.2, -0.15) is 4.31 Å². The van der Waals surface area contributed by atoms with E-state index in [0.29, 0.717) is 29.5 Å². The van der Waals surface area contributed by atoms with Crippen molar-refractivity contribution in [2.24, 2.45) is 5.92 Å². The number of rotatable bonds is 9. The van der Waals surface area contributed by atoms with E-state index in [-0.39, 0.29) is 52.6 Å². The molecule has 15 heteroatoms. The number of benzene rings is 3. The van der Waals surface area contributed by atoms with Gasteiger partial charge in [0, 0.05) is 48.4 Å². The molecule has 0 unspecified atom stereocenters. The molecule has 0 bridgehead atoms. The fourth-order valence-corrected chi connectivity index (χ4v) is 7.90. The van der Waals surface area contributed by atoms with Gasteiger partial charge in [0.15, 0.2) is 0 Å². The summed E-state index contributed by atoms with van der Waals surface area (Å²) in [6, 6.07) is 15.5. The van der Waals surface area contributed by atoms with E-state index in [2.05, 4.69) is 4.72 Å². The molecular formula is C34H43Cl2N3O8S2. The lowest BCUT2D eigenvalue weighted by molar-refractivity contribution is -0.00833. The SMILES string of the molecule is C[C@H](CO)N1C[C@H](C)[C@H](CN(C)S(=O)(=O)c2ccc(Cl)cc2)OCCCC[C@H](C)Oc2ccc(NS(=O)(=O)c3ccc(Cl)cc3)cc2C1=O. The number of carbonyl (C=O) groups excluding carboxylic acids is 1. The van der Waals surface area contributed by atoms with Crippen molar-refractivity contribution in [2.45, 2.75) is 68.1 Å². The molecule has 268 valence electrons. The third-order valence-corrected chi connectivity index (χ3v) is 12.1. The Morgan fingerprint density at radius 3 is 2.18 bits per heavy atom. The van der Waals surface area contributed by atoms with E-state index in [0.717, 1.165) is 6.42 Å². The molecule has 1 aliphatic heterocycles. The first-order valence-corrected chi connectivity index (χ1v) is 19.6. The van der Waals surface area contributed by atoms with Gasteiger partial charge in [-0.3, -0.25) is 9.52 Å². The van der Waals surface area contributed by atoms with Crippen molar-refractivity contribution in [1.82, 2.24) is 9.21 Å². The Hall–Kier alpha value is -2.91. The van der Waals surface area contributed by atoms with E-state index in [1.807, 2.05) is 13.8 Å². The predicted molar refractivity (Wildman–Crippen MR) is 190 cm³/mol. The van der Waals surface area contributed by atoms with Gasteiger partial charge in [-0.05, 0) is 99.8 Å². The average molecular weight is 757 g/mol. The molecule has 0 aromatic heterocycles. The van der Waals surface area contributed by atoms with Gasteiger partial charge in [-0.15, -0.1) is 0 Å². The lowest BCUT2D eigenvalue weighted by atomic mass is 10.0. The molecule has 3 aromatic carbocycles. The van der Waals surface area contributed by atoms with Gasteiger partial charge >= 0.3 is 0 Å². The highest BCUT2D eigenvalue weighted by Gasteiger charge is 2.32. The van der Waals surface area contributed by atoms with Crippen LogP contribution < -0.4 is 9.46 Å². The zero-order valence-corrected chi connectivity index (χ0v) is 31.0. The van der Waals surface area contributed by atoms with Crippen molar-refractivity contribution in [2.75, 3.05) is 38.1 Å². The molecule has 3 aromatic rings. The van der Waals surface area contributed by atoms with Gasteiger partial charge in [0.1, 0.15) is 5.75 Å². The van der Waals surface area contributed by atoms with Crippen LogP contribution in [0.1, 0.15) is 50.4 Å². The van der Waals surface area contributed by atoms with Crippen molar-refractivity contribution < 1.29 is 36.2 Å². The van der Waals surface area contributed by atoms with Gasteiger partial charge in [0.25, 0.3) is 15.9 Å². The first kappa shape index (κ1) is 38.9. The number of likely N-dealkylation sites (N-methyl/N-ethyl adjacent to an activating group) is 1. The highest BCUT2D eigenvalue weighted by atomic mass is 35.5. The van der Waals surface area contributed by atoms with Crippen LogP contribution in [-0.4, -0.2) is 88.7 Å². The van der Waals surface area contributed by atoms with Crippen LogP contribution in [-0.2, 0) is 24.8 Å². The molecule has 1 aliphatic rings. The number of halogens is 2. The summed E-state index contributed by atoms with van der Waals surface area (Å²) in [6.07, 6.45) is 1.18. The second-order valence-corrected chi connectivity index (χ2v) is 16.9. The minimum atomic E-state index is -4.02. The summed E-state index contributed by atoms with van der Waals surface area (Å²) in [5.74, 6) is -0.617. The normalized spacial score (nSPS) is 20.6. The van der Waals surface area contributed by atoms with Crippen LogP contribution in [0.4, 0.5) is 5.69 Å². The maximum atomic E-state index is 14.4. The number of aliphatic hydroxyl groups excluding tert-OH is 1. The maximum absolute atomic E-state index is 14.4. The number of hydrogen-bond donors (Lipinski definition) is 2. The summed E-state index contributed by atoms with van der Waals surface area (Å²) in [7, 11) is -6.42. The largest absolute Gasteiger partial charge is 0.490 e. The smallest absolute Gasteiger partial charge is 0.261 e. The molecule has 4 atom stereocenters. The quantitative estimate of drug-likeness (QED) is 0.275. The van der Waals surface area contributed by atoms with Crippen molar-refractivity contribution in [3.8, 4) is 5.75 Å². The fourth-order valence-electron chi connectivity index (χ4n) is 5.41. The van der Waals surface area contributed by atoms with E-state index in [1.165, 1.54) is 76.9 Å². The topological polar surface area (TPSA) is 143 Å². The average Bonchev–Trinajstić information content (AvgIpc) is 3.06. The molecule has 0 saturated heterocycles. The molecule has 1 heterocycles. The second-order valence-electron chi connectivity index (χ2n) is 12.3. The predicted octanol–water partition coefficient (Wildman–Crippen LogP) is 5.91. The Bertz CT molecular complexity index is 1790.